The summed E-state index contributed by atoms with van der Waals surface area (Å²) in [7, 11) is 0. The summed E-state index contributed by atoms with van der Waals surface area (Å²) < 4.78 is 10.5. The molecule has 0 unspecified atom stereocenters. The molecule has 5 heteroatoms. The molecule has 5 nitrogen and oxygen atoms in total. The van der Waals surface area contributed by atoms with Crippen molar-refractivity contribution in [1.82, 2.24) is 5.32 Å². The molecule has 0 aromatic heterocycles. The van der Waals surface area contributed by atoms with Crippen molar-refractivity contribution in [1.29, 1.82) is 0 Å². The molecule has 0 spiro atoms. The second-order valence-electron chi connectivity index (χ2n) is 5.40. The summed E-state index contributed by atoms with van der Waals surface area (Å²) in [6.07, 6.45) is 3.21. The monoisotopic (exact) mass is 293 g/mol. The maximum absolute atomic E-state index is 11.5. The Morgan fingerprint density at radius 1 is 1.33 bits per heavy atom. The topological polar surface area (TPSA) is 67.8 Å². The number of hydrogen-bond acceptors (Lipinski definition) is 4. The molecule has 2 N–H and O–H groups in total. The summed E-state index contributed by atoms with van der Waals surface area (Å²) in [5.74, 6) is 0.695. The normalized spacial score (nSPS) is 11.4. The predicted molar refractivity (Wildman–Crippen MR) is 82.3 cm³/mol. The molecule has 0 saturated heterocycles. The van der Waals surface area contributed by atoms with Crippen LogP contribution in [-0.4, -0.2) is 36.6 Å². The highest BCUT2D eigenvalue weighted by atomic mass is 16.6. The first-order valence-corrected chi connectivity index (χ1v) is 6.88. The Hall–Kier alpha value is -2.01. The fourth-order valence-electron chi connectivity index (χ4n) is 1.55. The van der Waals surface area contributed by atoms with E-state index < -0.39 is 11.7 Å². The maximum atomic E-state index is 11.5. The molecule has 0 fully saturated rings. The van der Waals surface area contributed by atoms with Crippen LogP contribution in [0.5, 0.6) is 5.75 Å². The van der Waals surface area contributed by atoms with E-state index in [4.69, 9.17) is 14.6 Å². The van der Waals surface area contributed by atoms with Crippen LogP contribution < -0.4 is 10.1 Å². The van der Waals surface area contributed by atoms with Gasteiger partial charge < -0.3 is 19.9 Å². The molecule has 0 saturated carbocycles. The largest absolute Gasteiger partial charge is 0.491 e. The van der Waals surface area contributed by atoms with Gasteiger partial charge in [0, 0.05) is 12.1 Å². The molecule has 0 bridgehead atoms. The number of amides is 1. The molecule has 1 aromatic carbocycles. The molecule has 0 radical (unpaired) electrons. The molecule has 0 aliphatic heterocycles. The fraction of sp³-hybridized carbons (Fsp3) is 0.438. The van der Waals surface area contributed by atoms with Crippen molar-refractivity contribution in [2.45, 2.75) is 26.4 Å². The average Bonchev–Trinajstić information content (AvgIpc) is 2.40. The summed E-state index contributed by atoms with van der Waals surface area (Å²) in [5.41, 5.74) is 0.385. The Kier molecular flexibility index (Phi) is 6.75. The van der Waals surface area contributed by atoms with Gasteiger partial charge in [0.05, 0.1) is 6.61 Å². The number of aliphatic hydroxyl groups is 1. The summed E-state index contributed by atoms with van der Waals surface area (Å²) in [5, 5.41) is 11.4. The van der Waals surface area contributed by atoms with Crippen LogP contribution in [0.25, 0.3) is 6.08 Å². The first-order chi connectivity index (χ1) is 9.92. The van der Waals surface area contributed by atoms with Gasteiger partial charge in [-0.05, 0) is 26.8 Å². The van der Waals surface area contributed by atoms with Crippen molar-refractivity contribution in [2.75, 3.05) is 19.8 Å². The lowest BCUT2D eigenvalue weighted by molar-refractivity contribution is 0.0534. The van der Waals surface area contributed by atoms with Gasteiger partial charge in [-0.25, -0.2) is 4.79 Å². The molecule has 116 valence electrons. The first kappa shape index (κ1) is 17.0. The highest BCUT2D eigenvalue weighted by Crippen LogP contribution is 2.19. The molecule has 1 amide bonds. The van der Waals surface area contributed by atoms with Crippen LogP contribution in [0.1, 0.15) is 26.3 Å². The van der Waals surface area contributed by atoms with Crippen LogP contribution in [0.15, 0.2) is 30.3 Å². The third-order valence-corrected chi connectivity index (χ3v) is 2.33. The second-order valence-corrected chi connectivity index (χ2v) is 5.40. The van der Waals surface area contributed by atoms with E-state index in [2.05, 4.69) is 5.32 Å². The van der Waals surface area contributed by atoms with Gasteiger partial charge in [0.1, 0.15) is 18.0 Å². The lowest BCUT2D eigenvalue weighted by Crippen LogP contribution is -2.32. The van der Waals surface area contributed by atoms with Crippen LogP contribution in [0, 0.1) is 0 Å². The van der Waals surface area contributed by atoms with E-state index in [1.165, 1.54) is 0 Å². The third kappa shape index (κ3) is 7.37. The van der Waals surface area contributed by atoms with Crippen LogP contribution in [0.2, 0.25) is 0 Å². The molecule has 1 rings (SSSR count). The van der Waals surface area contributed by atoms with Gasteiger partial charge in [-0.3, -0.25) is 0 Å². The Balaban J connectivity index is 2.48. The SMILES string of the molecule is CC(C)(C)OC(=O)NCC=Cc1ccccc1OCCO. The van der Waals surface area contributed by atoms with Crippen molar-refractivity contribution in [2.24, 2.45) is 0 Å². The Morgan fingerprint density at radius 3 is 2.71 bits per heavy atom. The van der Waals surface area contributed by atoms with Crippen LogP contribution in [0.3, 0.4) is 0 Å². The molecule has 1 aromatic rings. The van der Waals surface area contributed by atoms with Gasteiger partial charge in [0.25, 0.3) is 0 Å². The summed E-state index contributed by atoms with van der Waals surface area (Å²) in [6, 6.07) is 7.49. The number of benzene rings is 1. The number of nitrogens with one attached hydrogen (secondary N) is 1. The number of carbonyl (C=O) groups is 1. The van der Waals surface area contributed by atoms with Gasteiger partial charge in [0.2, 0.25) is 0 Å². The number of aliphatic hydroxyl groups excluding tert-OH is 1. The number of ether oxygens (including phenoxy) is 2. The van der Waals surface area contributed by atoms with Gasteiger partial charge in [0.15, 0.2) is 0 Å². The lowest BCUT2D eigenvalue weighted by atomic mass is 10.2. The van der Waals surface area contributed by atoms with Crippen molar-refractivity contribution in [3.63, 3.8) is 0 Å². The van der Waals surface area contributed by atoms with Gasteiger partial charge >= 0.3 is 6.09 Å². The van der Waals surface area contributed by atoms with E-state index in [0.717, 1.165) is 5.56 Å². The fourth-order valence-corrected chi connectivity index (χ4v) is 1.55. The standard InChI is InChI=1S/C16H23NO4/c1-16(2,3)21-15(19)17-10-6-8-13-7-4-5-9-14(13)20-12-11-18/h4-9,18H,10-12H2,1-3H3,(H,17,19). The molecule has 0 aliphatic rings. The van der Waals surface area contributed by atoms with E-state index in [0.29, 0.717) is 12.3 Å². The number of para-hydroxylation sites is 1. The highest BCUT2D eigenvalue weighted by Gasteiger charge is 2.14. The quantitative estimate of drug-likeness (QED) is 0.846. The smallest absolute Gasteiger partial charge is 0.407 e. The average molecular weight is 293 g/mol. The van der Waals surface area contributed by atoms with Gasteiger partial charge in [-0.2, -0.15) is 0 Å². The number of hydrogen-bond donors (Lipinski definition) is 2. The molecule has 0 atom stereocenters. The maximum Gasteiger partial charge on any atom is 0.407 e. The molecular weight excluding hydrogens is 270 g/mol. The third-order valence-electron chi connectivity index (χ3n) is 2.33. The number of rotatable bonds is 6. The van der Waals surface area contributed by atoms with Crippen molar-refractivity contribution in [3.05, 3.63) is 35.9 Å². The van der Waals surface area contributed by atoms with E-state index in [9.17, 15) is 4.79 Å². The summed E-state index contributed by atoms with van der Waals surface area (Å²) in [6.45, 7) is 6.04. The van der Waals surface area contributed by atoms with E-state index >= 15 is 0 Å². The van der Waals surface area contributed by atoms with Crippen molar-refractivity contribution >= 4 is 12.2 Å². The second kappa shape index (κ2) is 8.32. The molecular formula is C16H23NO4. The minimum absolute atomic E-state index is 0.0295. The molecule has 21 heavy (non-hydrogen) atoms. The van der Waals surface area contributed by atoms with E-state index in [1.807, 2.05) is 57.2 Å². The number of alkyl carbamates (subject to hydrolysis) is 1. The zero-order chi connectivity index (χ0) is 15.7. The Morgan fingerprint density at radius 2 is 2.05 bits per heavy atom. The number of carbonyl (C=O) groups excluding carboxylic acids is 1. The summed E-state index contributed by atoms with van der Waals surface area (Å²) >= 11 is 0. The van der Waals surface area contributed by atoms with Crippen molar-refractivity contribution in [3.8, 4) is 5.75 Å². The lowest BCUT2D eigenvalue weighted by Gasteiger charge is -2.19. The van der Waals surface area contributed by atoms with Crippen LogP contribution in [0.4, 0.5) is 4.79 Å². The molecule has 0 heterocycles. The van der Waals surface area contributed by atoms with Crippen LogP contribution >= 0.6 is 0 Å². The molecule has 0 aliphatic carbocycles. The Bertz CT molecular complexity index is 477. The van der Waals surface area contributed by atoms with E-state index in [-0.39, 0.29) is 13.2 Å². The minimum atomic E-state index is -0.501. The minimum Gasteiger partial charge on any atom is -0.491 e. The highest BCUT2D eigenvalue weighted by molar-refractivity contribution is 5.68. The Labute approximate surface area is 125 Å². The zero-order valence-corrected chi connectivity index (χ0v) is 12.8. The van der Waals surface area contributed by atoms with Gasteiger partial charge in [-0.1, -0.05) is 30.4 Å². The van der Waals surface area contributed by atoms with Crippen LogP contribution in [-0.2, 0) is 4.74 Å². The summed E-state index contributed by atoms with van der Waals surface area (Å²) in [4.78, 5) is 11.5. The zero-order valence-electron chi connectivity index (χ0n) is 12.8. The first-order valence-electron chi connectivity index (χ1n) is 6.88. The van der Waals surface area contributed by atoms with E-state index in [1.54, 1.807) is 0 Å². The predicted octanol–water partition coefficient (Wildman–Crippen LogP) is 2.60. The van der Waals surface area contributed by atoms with Gasteiger partial charge in [-0.15, -0.1) is 0 Å². The van der Waals surface area contributed by atoms with Crippen molar-refractivity contribution < 1.29 is 19.4 Å².